The van der Waals surface area contributed by atoms with E-state index >= 15 is 0 Å². The summed E-state index contributed by atoms with van der Waals surface area (Å²) in [7, 11) is 0. The second kappa shape index (κ2) is 20.3. The quantitative estimate of drug-likeness (QED) is 0.153. The van der Waals surface area contributed by atoms with Gasteiger partial charge in [-0.05, 0) is 44.8 Å². The molecular formula is C25H40O2. The molecule has 1 N–H and O–H groups in total. The molecule has 0 aliphatic rings. The zero-order valence-electron chi connectivity index (χ0n) is 17.9. The Kier molecular flexibility index (Phi) is 20.4. The van der Waals surface area contributed by atoms with E-state index in [4.69, 9.17) is 4.74 Å². The number of aliphatic hydroxyl groups excluding tert-OH is 1. The number of unbranched alkanes of at least 4 members (excludes halogenated alkanes) is 1. The maximum absolute atomic E-state index is 10.1. The largest absolute Gasteiger partial charge is 0.494 e. The van der Waals surface area contributed by atoms with Crippen LogP contribution < -0.4 is 0 Å². The zero-order valence-corrected chi connectivity index (χ0v) is 17.9. The summed E-state index contributed by atoms with van der Waals surface area (Å²) < 4.78 is 5.54. The van der Waals surface area contributed by atoms with E-state index in [1.807, 2.05) is 39.0 Å². The molecule has 0 aromatic carbocycles. The van der Waals surface area contributed by atoms with Gasteiger partial charge in [0.25, 0.3) is 0 Å². The van der Waals surface area contributed by atoms with Crippen LogP contribution >= 0.6 is 0 Å². The predicted octanol–water partition coefficient (Wildman–Crippen LogP) is 7.09. The van der Waals surface area contributed by atoms with Crippen LogP contribution in [0.15, 0.2) is 85.8 Å². The molecule has 0 rings (SSSR count). The summed E-state index contributed by atoms with van der Waals surface area (Å²) in [5.41, 5.74) is 0.960. The number of ether oxygens (including phenoxy) is 1. The van der Waals surface area contributed by atoms with Gasteiger partial charge in [-0.3, -0.25) is 0 Å². The Balaban J connectivity index is 0. The van der Waals surface area contributed by atoms with Gasteiger partial charge in [0.2, 0.25) is 0 Å². The van der Waals surface area contributed by atoms with Gasteiger partial charge in [-0.1, -0.05) is 82.0 Å². The van der Waals surface area contributed by atoms with E-state index in [0.29, 0.717) is 13.0 Å². The highest BCUT2D eigenvalue weighted by atomic mass is 16.5. The number of hydrogen-bond donors (Lipinski definition) is 1. The Bertz CT molecular complexity index is 506. The summed E-state index contributed by atoms with van der Waals surface area (Å²) in [5, 5.41) is 10.1. The van der Waals surface area contributed by atoms with Crippen LogP contribution in [0.2, 0.25) is 0 Å². The van der Waals surface area contributed by atoms with Crippen molar-refractivity contribution in [3.8, 4) is 0 Å². The highest BCUT2D eigenvalue weighted by Crippen LogP contribution is 2.18. The van der Waals surface area contributed by atoms with Crippen molar-refractivity contribution in [2.45, 2.75) is 59.5 Å². The molecule has 0 heterocycles. The molecule has 0 amide bonds. The maximum atomic E-state index is 10.1. The second-order valence-electron chi connectivity index (χ2n) is 5.70. The fraction of sp³-hybridized carbons (Fsp3) is 0.440. The Morgan fingerprint density at radius 3 is 2.30 bits per heavy atom. The summed E-state index contributed by atoms with van der Waals surface area (Å²) in [5.74, 6) is 0.918. The molecule has 0 aromatic heterocycles. The lowest BCUT2D eigenvalue weighted by atomic mass is 9.93. The third-order valence-corrected chi connectivity index (χ3v) is 3.53. The molecule has 0 saturated heterocycles. The molecule has 2 atom stereocenters. The van der Waals surface area contributed by atoms with Crippen molar-refractivity contribution in [1.29, 1.82) is 0 Å². The standard InChI is InChI=1S/C23H34O2.C2H6/c1-6-10-16-20(5)19-21(23(24)8-3)17-13-11-12-14-18-22(15-7-2)25-9-4;1-2/h6,8,10,13-18,21,23-24H,1,3,5,7,9,11-12,19H2,2,4H3;1-2H3/b16-10-,17-13+,18-14-,22-15+;/t21-,23?;/m0./s1. The minimum atomic E-state index is -0.572. The molecule has 2 nitrogen and oxygen atoms in total. The van der Waals surface area contributed by atoms with Crippen molar-refractivity contribution in [3.63, 3.8) is 0 Å². The van der Waals surface area contributed by atoms with Gasteiger partial charge in [-0.25, -0.2) is 0 Å². The van der Waals surface area contributed by atoms with E-state index < -0.39 is 6.10 Å². The summed E-state index contributed by atoms with van der Waals surface area (Å²) in [6, 6.07) is 0. The molecule has 2 heteroatoms. The van der Waals surface area contributed by atoms with Crippen LogP contribution in [0.4, 0.5) is 0 Å². The van der Waals surface area contributed by atoms with Crippen LogP contribution in [0.25, 0.3) is 0 Å². The Labute approximate surface area is 168 Å². The van der Waals surface area contributed by atoms with E-state index in [-0.39, 0.29) is 5.92 Å². The van der Waals surface area contributed by atoms with E-state index in [9.17, 15) is 5.11 Å². The van der Waals surface area contributed by atoms with Crippen LogP contribution in [0, 0.1) is 5.92 Å². The first kappa shape index (κ1) is 27.2. The van der Waals surface area contributed by atoms with Crippen LogP contribution in [0.5, 0.6) is 0 Å². The van der Waals surface area contributed by atoms with Gasteiger partial charge in [-0.2, -0.15) is 0 Å². The van der Waals surface area contributed by atoms with Crippen molar-refractivity contribution in [3.05, 3.63) is 85.8 Å². The number of allylic oxidation sites excluding steroid dienone is 8. The van der Waals surface area contributed by atoms with E-state index in [2.05, 4.69) is 51.0 Å². The Morgan fingerprint density at radius 1 is 1.07 bits per heavy atom. The fourth-order valence-corrected chi connectivity index (χ4v) is 2.26. The molecule has 0 saturated carbocycles. The molecule has 0 spiro atoms. The molecule has 0 bridgehead atoms. The first-order valence-corrected chi connectivity index (χ1v) is 10.0. The minimum Gasteiger partial charge on any atom is -0.494 e. The van der Waals surface area contributed by atoms with Crippen LogP contribution in [-0.2, 0) is 4.74 Å². The molecule has 27 heavy (non-hydrogen) atoms. The van der Waals surface area contributed by atoms with Gasteiger partial charge >= 0.3 is 0 Å². The summed E-state index contributed by atoms with van der Waals surface area (Å²) in [6.07, 6.45) is 20.4. The zero-order chi connectivity index (χ0) is 20.9. The van der Waals surface area contributed by atoms with Crippen LogP contribution in [-0.4, -0.2) is 17.8 Å². The summed E-state index contributed by atoms with van der Waals surface area (Å²) in [4.78, 5) is 0. The van der Waals surface area contributed by atoms with Crippen LogP contribution in [0.1, 0.15) is 53.4 Å². The first-order valence-electron chi connectivity index (χ1n) is 10.0. The van der Waals surface area contributed by atoms with Crippen molar-refractivity contribution < 1.29 is 9.84 Å². The molecule has 0 fully saturated rings. The molecule has 0 aromatic rings. The average molecular weight is 373 g/mol. The van der Waals surface area contributed by atoms with Crippen molar-refractivity contribution in [1.82, 2.24) is 0 Å². The summed E-state index contributed by atoms with van der Waals surface area (Å²) in [6.45, 7) is 20.1. The highest BCUT2D eigenvalue weighted by molar-refractivity contribution is 5.20. The lowest BCUT2D eigenvalue weighted by molar-refractivity contribution is 0.177. The number of hydrogen-bond acceptors (Lipinski definition) is 2. The maximum Gasteiger partial charge on any atom is 0.114 e. The number of aliphatic hydroxyl groups is 1. The Hall–Kier alpha value is -2.06. The Morgan fingerprint density at radius 2 is 1.74 bits per heavy atom. The molecule has 1 unspecified atom stereocenters. The van der Waals surface area contributed by atoms with Crippen molar-refractivity contribution in [2.24, 2.45) is 5.92 Å². The monoisotopic (exact) mass is 372 g/mol. The third-order valence-electron chi connectivity index (χ3n) is 3.53. The fourth-order valence-electron chi connectivity index (χ4n) is 2.26. The topological polar surface area (TPSA) is 29.5 Å². The molecule has 152 valence electrons. The van der Waals surface area contributed by atoms with E-state index in [1.54, 1.807) is 12.2 Å². The van der Waals surface area contributed by atoms with Gasteiger partial charge in [0.1, 0.15) is 5.76 Å². The lowest BCUT2D eigenvalue weighted by Crippen LogP contribution is -2.16. The highest BCUT2D eigenvalue weighted by Gasteiger charge is 2.13. The lowest BCUT2D eigenvalue weighted by Gasteiger charge is -2.16. The van der Waals surface area contributed by atoms with Crippen molar-refractivity contribution in [2.75, 3.05) is 6.61 Å². The normalized spacial score (nSPS) is 14.0. The summed E-state index contributed by atoms with van der Waals surface area (Å²) >= 11 is 0. The van der Waals surface area contributed by atoms with Gasteiger partial charge in [0.05, 0.1) is 12.7 Å². The van der Waals surface area contributed by atoms with E-state index in [0.717, 1.165) is 30.6 Å². The minimum absolute atomic E-state index is 0.0117. The number of rotatable bonds is 14. The molecule has 0 aliphatic heterocycles. The van der Waals surface area contributed by atoms with Crippen molar-refractivity contribution >= 4 is 0 Å². The van der Waals surface area contributed by atoms with Gasteiger partial charge in [0.15, 0.2) is 0 Å². The van der Waals surface area contributed by atoms with Gasteiger partial charge < -0.3 is 9.84 Å². The molecular weight excluding hydrogens is 332 g/mol. The molecule has 0 radical (unpaired) electrons. The average Bonchev–Trinajstić information content (AvgIpc) is 2.69. The second-order valence-corrected chi connectivity index (χ2v) is 5.70. The van der Waals surface area contributed by atoms with E-state index in [1.165, 1.54) is 0 Å². The third kappa shape index (κ3) is 15.9. The van der Waals surface area contributed by atoms with Gasteiger partial charge in [0, 0.05) is 5.92 Å². The SMILES string of the molecule is C=C/C=C\C(=C)C[C@H](/C=C/CC/C=C\C(=C/CC)OCC)C(O)C=C.CC. The molecule has 0 aliphatic carbocycles. The van der Waals surface area contributed by atoms with Gasteiger partial charge in [-0.15, -0.1) is 6.58 Å². The predicted molar refractivity (Wildman–Crippen MR) is 122 cm³/mol. The van der Waals surface area contributed by atoms with Crippen LogP contribution in [0.3, 0.4) is 0 Å². The smallest absolute Gasteiger partial charge is 0.114 e. The first-order chi connectivity index (χ1) is 13.1.